The van der Waals surface area contributed by atoms with E-state index in [0.29, 0.717) is 31.3 Å². The second-order valence-electron chi connectivity index (χ2n) is 8.86. The summed E-state index contributed by atoms with van der Waals surface area (Å²) in [4.78, 5) is 29.0. The van der Waals surface area contributed by atoms with Crippen LogP contribution in [0.25, 0.3) is 0 Å². The van der Waals surface area contributed by atoms with Gasteiger partial charge in [-0.25, -0.2) is 0 Å². The van der Waals surface area contributed by atoms with Crippen molar-refractivity contribution in [1.29, 1.82) is 5.41 Å². The first-order valence-electron chi connectivity index (χ1n) is 11.7. The average molecular weight is 487 g/mol. The second kappa shape index (κ2) is 11.7. The van der Waals surface area contributed by atoms with E-state index in [0.717, 1.165) is 11.6 Å². The summed E-state index contributed by atoms with van der Waals surface area (Å²) in [5.41, 5.74) is 3.36. The van der Waals surface area contributed by atoms with Crippen LogP contribution in [0.1, 0.15) is 43.9 Å². The Balaban J connectivity index is 0.000000313. The van der Waals surface area contributed by atoms with Gasteiger partial charge in [-0.15, -0.1) is 0 Å². The number of hydrogen-bond donors (Lipinski definition) is 4. The highest BCUT2D eigenvalue weighted by Gasteiger charge is 2.32. The van der Waals surface area contributed by atoms with Gasteiger partial charge in [0.25, 0.3) is 5.91 Å². The number of pyridine rings is 1. The van der Waals surface area contributed by atoms with Gasteiger partial charge in [0.2, 0.25) is 5.91 Å². The number of amides is 2. The maximum atomic E-state index is 12.9. The van der Waals surface area contributed by atoms with Crippen LogP contribution in [0, 0.1) is 5.41 Å². The highest BCUT2D eigenvalue weighted by molar-refractivity contribution is 5.89. The molecule has 4 rings (SSSR count). The lowest BCUT2D eigenvalue weighted by atomic mass is 10.1. The molecule has 1 aliphatic carbocycles. The topological polar surface area (TPSA) is 110 Å². The molecule has 2 aromatic rings. The van der Waals surface area contributed by atoms with E-state index >= 15 is 0 Å². The van der Waals surface area contributed by atoms with Gasteiger partial charge in [0.05, 0.1) is 6.54 Å². The number of nitrogens with one attached hydrogen (secondary N) is 4. The summed E-state index contributed by atoms with van der Waals surface area (Å²) >= 11 is 0. The van der Waals surface area contributed by atoms with Gasteiger partial charge >= 0.3 is 5.92 Å². The minimum Gasteiger partial charge on any atom is -0.382 e. The predicted octanol–water partition coefficient (Wildman–Crippen LogP) is 3.15. The normalized spacial score (nSPS) is 16.3. The Morgan fingerprint density at radius 2 is 2.11 bits per heavy atom. The fourth-order valence-corrected chi connectivity index (χ4v) is 3.55. The molecule has 1 saturated carbocycles. The van der Waals surface area contributed by atoms with Crippen molar-refractivity contribution in [2.24, 2.45) is 0 Å². The summed E-state index contributed by atoms with van der Waals surface area (Å²) in [5, 5.41) is 15.6. The summed E-state index contributed by atoms with van der Waals surface area (Å²) in [6.07, 6.45) is 5.74. The average Bonchev–Trinajstić information content (AvgIpc) is 3.69. The summed E-state index contributed by atoms with van der Waals surface area (Å²) in [6.45, 7) is 3.91. The minimum atomic E-state index is -3.42. The van der Waals surface area contributed by atoms with E-state index in [9.17, 15) is 18.4 Å². The molecule has 0 radical (unpaired) electrons. The molecule has 8 nitrogen and oxygen atoms in total. The van der Waals surface area contributed by atoms with E-state index in [2.05, 4.69) is 33.1 Å². The number of piperazine rings is 1. The molecule has 2 aliphatic rings. The van der Waals surface area contributed by atoms with Crippen LogP contribution >= 0.6 is 0 Å². The molecule has 2 amide bonds. The Hall–Kier alpha value is -3.56. The lowest BCUT2D eigenvalue weighted by Gasteiger charge is -2.29. The zero-order valence-electron chi connectivity index (χ0n) is 20.0. The van der Waals surface area contributed by atoms with Crippen molar-refractivity contribution in [1.82, 2.24) is 15.6 Å². The Kier molecular flexibility index (Phi) is 8.73. The van der Waals surface area contributed by atoms with Crippen LogP contribution in [-0.4, -0.2) is 61.2 Å². The summed E-state index contributed by atoms with van der Waals surface area (Å²) < 4.78 is 25.8. The number of halogens is 2. The number of benzene rings is 1. The van der Waals surface area contributed by atoms with Gasteiger partial charge in [0.15, 0.2) is 0 Å². The highest BCUT2D eigenvalue weighted by Crippen LogP contribution is 2.38. The first-order chi connectivity index (χ1) is 16.7. The third-order valence-electron chi connectivity index (χ3n) is 5.65. The van der Waals surface area contributed by atoms with Crippen molar-refractivity contribution in [2.75, 3.05) is 36.4 Å². The summed E-state index contributed by atoms with van der Waals surface area (Å²) in [7, 11) is 0. The molecule has 2 fully saturated rings. The second-order valence-corrected chi connectivity index (χ2v) is 8.86. The molecule has 4 N–H and O–H groups in total. The van der Waals surface area contributed by atoms with E-state index in [1.165, 1.54) is 24.8 Å². The maximum Gasteiger partial charge on any atom is 0.321 e. The molecule has 1 saturated heterocycles. The third-order valence-corrected chi connectivity index (χ3v) is 5.65. The molecule has 35 heavy (non-hydrogen) atoms. The number of alkyl halides is 2. The molecule has 1 atom stereocenters. The smallest absolute Gasteiger partial charge is 0.321 e. The van der Waals surface area contributed by atoms with Gasteiger partial charge in [-0.1, -0.05) is 6.07 Å². The number of hydrogen-bond acceptors (Lipinski definition) is 6. The van der Waals surface area contributed by atoms with Crippen LogP contribution in [-0.2, 0) is 9.59 Å². The van der Waals surface area contributed by atoms with Crippen LogP contribution in [0.15, 0.2) is 42.6 Å². The number of carbonyl (C=O) groups excluding carboxylic acids is 2. The monoisotopic (exact) mass is 486 g/mol. The van der Waals surface area contributed by atoms with Gasteiger partial charge in [-0.2, -0.15) is 8.78 Å². The van der Waals surface area contributed by atoms with Crippen LogP contribution in [0.3, 0.4) is 0 Å². The summed E-state index contributed by atoms with van der Waals surface area (Å²) in [6, 6.07) is 11.0. The number of carbonyl (C=O) groups is 2. The van der Waals surface area contributed by atoms with Crippen molar-refractivity contribution in [3.63, 3.8) is 0 Å². The lowest BCUT2D eigenvalue weighted by molar-refractivity contribution is -0.143. The number of anilines is 2. The van der Waals surface area contributed by atoms with Crippen molar-refractivity contribution >= 4 is 29.4 Å². The molecule has 0 spiro atoms. The Bertz CT molecular complexity index is 1020. The van der Waals surface area contributed by atoms with E-state index in [1.807, 2.05) is 23.2 Å². The third kappa shape index (κ3) is 8.01. The molecule has 1 unspecified atom stereocenters. The largest absolute Gasteiger partial charge is 0.382 e. The fraction of sp³-hybridized carbons (Fsp3) is 0.440. The molecule has 188 valence electrons. The van der Waals surface area contributed by atoms with Crippen LogP contribution in [0.4, 0.5) is 20.2 Å². The zero-order chi connectivity index (χ0) is 25.4. The highest BCUT2D eigenvalue weighted by atomic mass is 19.3. The van der Waals surface area contributed by atoms with E-state index in [-0.39, 0.29) is 19.0 Å². The van der Waals surface area contributed by atoms with Gasteiger partial charge < -0.3 is 26.3 Å². The molecule has 0 bridgehead atoms. The van der Waals surface area contributed by atoms with Gasteiger partial charge in [-0.05, 0) is 50.1 Å². The standard InChI is InChI=1S/C17H23F2N5O2.C8H9N/c1-11(23-16(26)17(2,18)19)9-22-14-4-3-13(7-12(14)8-20)24-6-5-21-15(25)10-24;1-2-6-9-8(3-1)7-4-5-7/h3-4,7-8,11,20,22H,5-6,9-10H2,1-2H3,(H,21,25)(H,23,26);1-3,6-7H,4-5H2. The first kappa shape index (κ1) is 26.1. The molecule has 10 heteroatoms. The molecule has 1 aromatic carbocycles. The van der Waals surface area contributed by atoms with Crippen LogP contribution in [0.5, 0.6) is 0 Å². The number of aromatic nitrogens is 1. The van der Waals surface area contributed by atoms with E-state index < -0.39 is 17.9 Å². The SMILES string of the molecule is CC(CNc1ccc(N2CCNC(=O)C2)cc1C=N)NC(=O)C(C)(F)F.c1ccc(C2CC2)nc1. The van der Waals surface area contributed by atoms with Crippen molar-refractivity contribution in [2.45, 2.75) is 44.6 Å². The Morgan fingerprint density at radius 3 is 2.71 bits per heavy atom. The van der Waals surface area contributed by atoms with Gasteiger partial charge in [-0.3, -0.25) is 14.6 Å². The van der Waals surface area contributed by atoms with E-state index in [1.54, 1.807) is 19.1 Å². The van der Waals surface area contributed by atoms with Crippen molar-refractivity contribution in [3.05, 3.63) is 53.9 Å². The lowest BCUT2D eigenvalue weighted by Crippen LogP contribution is -2.47. The zero-order valence-corrected chi connectivity index (χ0v) is 20.0. The number of nitrogens with zero attached hydrogens (tertiary/aromatic N) is 2. The minimum absolute atomic E-state index is 0.0489. The van der Waals surface area contributed by atoms with Crippen molar-refractivity contribution < 1.29 is 18.4 Å². The molecule has 1 aromatic heterocycles. The maximum absolute atomic E-state index is 12.9. The molecular formula is C25H32F2N6O2. The Morgan fingerprint density at radius 1 is 1.34 bits per heavy atom. The quantitative estimate of drug-likeness (QED) is 0.429. The first-order valence-corrected chi connectivity index (χ1v) is 11.7. The number of rotatable bonds is 8. The van der Waals surface area contributed by atoms with Gasteiger partial charge in [0.1, 0.15) is 0 Å². The molecular weight excluding hydrogens is 454 g/mol. The van der Waals surface area contributed by atoms with Crippen molar-refractivity contribution in [3.8, 4) is 0 Å². The Labute approximate surface area is 204 Å². The van der Waals surface area contributed by atoms with Gasteiger partial charge in [0, 0.05) is 73.6 Å². The summed E-state index contributed by atoms with van der Waals surface area (Å²) in [5.74, 6) is -3.99. The predicted molar refractivity (Wildman–Crippen MR) is 132 cm³/mol. The molecule has 2 heterocycles. The fourth-order valence-electron chi connectivity index (χ4n) is 3.55. The molecule has 1 aliphatic heterocycles. The van der Waals surface area contributed by atoms with Crippen LogP contribution in [0.2, 0.25) is 0 Å². The van der Waals surface area contributed by atoms with E-state index in [4.69, 9.17) is 5.41 Å². The van der Waals surface area contributed by atoms with Crippen LogP contribution < -0.4 is 20.9 Å².